The number of fused-ring (bicyclic) bond motifs is 3. The Bertz CT molecular complexity index is 1790. The van der Waals surface area contributed by atoms with Gasteiger partial charge in [-0.25, -0.2) is 9.59 Å². The highest BCUT2D eigenvalue weighted by Crippen LogP contribution is 2.37. The van der Waals surface area contributed by atoms with Gasteiger partial charge in [0.1, 0.15) is 0 Å². The van der Waals surface area contributed by atoms with E-state index in [1.807, 2.05) is 18.7 Å². The highest BCUT2D eigenvalue weighted by atomic mass is 16.6. The summed E-state index contributed by atoms with van der Waals surface area (Å²) >= 11 is 0. The summed E-state index contributed by atoms with van der Waals surface area (Å²) in [6, 6.07) is 8.24. The predicted octanol–water partition coefficient (Wildman–Crippen LogP) is 1.70. The number of aliphatic hydroxyl groups excluding tert-OH is 1. The van der Waals surface area contributed by atoms with Crippen molar-refractivity contribution < 1.29 is 18.7 Å². The van der Waals surface area contributed by atoms with E-state index in [4.69, 9.17) is 13.6 Å². The number of rotatable bonds is 10. The van der Waals surface area contributed by atoms with Crippen LogP contribution in [0, 0.1) is 0 Å². The zero-order chi connectivity index (χ0) is 27.7. The lowest BCUT2D eigenvalue weighted by molar-refractivity contribution is 0.128. The number of nitrogens with zero attached hydrogens (tertiary/aromatic N) is 1. The number of benzene rings is 3. The van der Waals surface area contributed by atoms with E-state index >= 15 is 0 Å². The smallest absolute Gasteiger partial charge is 0.336 e. The van der Waals surface area contributed by atoms with Gasteiger partial charge in [-0.2, -0.15) is 0 Å². The molecule has 204 valence electrons. The minimum absolute atomic E-state index is 0.0175. The largest absolute Gasteiger partial charge is 0.417 e. The Balaban J connectivity index is 1.86. The Kier molecular flexibility index (Phi) is 7.47. The zero-order valence-corrected chi connectivity index (χ0v) is 21.6. The van der Waals surface area contributed by atoms with Crippen molar-refractivity contribution >= 4 is 44.1 Å². The lowest BCUT2D eigenvalue weighted by Gasteiger charge is -2.23. The van der Waals surface area contributed by atoms with E-state index < -0.39 is 28.2 Å². The Hall–Kier alpha value is -4.06. The number of hydrogen-bond donors (Lipinski definition) is 3. The van der Waals surface area contributed by atoms with Gasteiger partial charge in [0.25, 0.3) is 0 Å². The van der Waals surface area contributed by atoms with Gasteiger partial charge in [-0.1, -0.05) is 38.1 Å². The number of nitrogens with one attached hydrogen (secondary N) is 2. The molecule has 0 saturated carbocycles. The third-order valence-corrected chi connectivity index (χ3v) is 6.83. The summed E-state index contributed by atoms with van der Waals surface area (Å²) < 4.78 is 16.4. The minimum Gasteiger partial charge on any atom is -0.417 e. The van der Waals surface area contributed by atoms with Gasteiger partial charge in [0, 0.05) is 42.5 Å². The van der Waals surface area contributed by atoms with Crippen molar-refractivity contribution in [2.45, 2.75) is 26.1 Å². The second-order valence-corrected chi connectivity index (χ2v) is 9.39. The summed E-state index contributed by atoms with van der Waals surface area (Å²) in [6.45, 7) is 6.49. The van der Waals surface area contributed by atoms with Crippen molar-refractivity contribution in [3.8, 4) is 0 Å². The van der Waals surface area contributed by atoms with Gasteiger partial charge >= 0.3 is 11.3 Å². The first-order valence-electron chi connectivity index (χ1n) is 12.9. The molecule has 1 aliphatic rings. The Labute approximate surface area is 221 Å². The normalized spacial score (nSPS) is 15.6. The summed E-state index contributed by atoms with van der Waals surface area (Å²) in [4.78, 5) is 54.9. The van der Waals surface area contributed by atoms with Crippen molar-refractivity contribution in [2.24, 2.45) is 0 Å². The molecule has 2 heterocycles. The van der Waals surface area contributed by atoms with E-state index in [1.165, 1.54) is 0 Å². The van der Waals surface area contributed by atoms with Crippen molar-refractivity contribution in [1.29, 1.82) is 0 Å². The van der Waals surface area contributed by atoms with Gasteiger partial charge in [0.15, 0.2) is 22.0 Å². The molecule has 0 radical (unpaired) electrons. The summed E-state index contributed by atoms with van der Waals surface area (Å²) in [7, 11) is 0. The molecule has 0 amide bonds. The summed E-state index contributed by atoms with van der Waals surface area (Å²) in [5.74, 6) is 0. The first-order valence-corrected chi connectivity index (χ1v) is 12.9. The Morgan fingerprint density at radius 3 is 1.87 bits per heavy atom. The van der Waals surface area contributed by atoms with Gasteiger partial charge in [0.05, 0.1) is 41.0 Å². The van der Waals surface area contributed by atoms with Gasteiger partial charge in [-0.05, 0) is 13.1 Å². The van der Waals surface area contributed by atoms with Crippen molar-refractivity contribution in [1.82, 2.24) is 4.90 Å². The molecule has 5 rings (SSSR count). The molecular weight excluding hydrogens is 506 g/mol. The number of likely N-dealkylation sites (N-methyl/N-ethyl adjacent to an activating group) is 1. The molecule has 0 aliphatic carbocycles. The van der Waals surface area contributed by atoms with Crippen LogP contribution in [0.1, 0.15) is 13.8 Å². The molecular formula is C28H29N3O8. The average molecular weight is 536 g/mol. The molecule has 39 heavy (non-hydrogen) atoms. The molecule has 1 saturated heterocycles. The maximum atomic E-state index is 13.9. The van der Waals surface area contributed by atoms with E-state index in [0.717, 1.165) is 25.2 Å². The van der Waals surface area contributed by atoms with E-state index in [9.17, 15) is 24.3 Å². The quantitative estimate of drug-likeness (QED) is 0.154. The van der Waals surface area contributed by atoms with Gasteiger partial charge in [-0.15, -0.1) is 0 Å². The van der Waals surface area contributed by atoms with Crippen LogP contribution in [0.15, 0.2) is 64.4 Å². The van der Waals surface area contributed by atoms with Gasteiger partial charge in [0.2, 0.25) is 0 Å². The van der Waals surface area contributed by atoms with E-state index in [2.05, 4.69) is 10.6 Å². The number of anilines is 2. The SMILES string of the molecule is CCN(CC)CC(O)CNc1c2oc(=O)ccc(=O)oc2c(NCC2CO2)c2c(=O)c3ccccc3c(=O)c12. The first kappa shape index (κ1) is 26.5. The van der Waals surface area contributed by atoms with Crippen LogP contribution >= 0.6 is 0 Å². The molecule has 0 spiro atoms. The summed E-state index contributed by atoms with van der Waals surface area (Å²) in [6.07, 6.45) is -0.993. The number of ether oxygens (including phenoxy) is 1. The zero-order valence-electron chi connectivity index (χ0n) is 21.6. The van der Waals surface area contributed by atoms with E-state index in [-0.39, 0.29) is 63.3 Å². The van der Waals surface area contributed by atoms with Crippen LogP contribution in [-0.4, -0.2) is 61.5 Å². The van der Waals surface area contributed by atoms with Crippen LogP contribution in [0.3, 0.4) is 0 Å². The van der Waals surface area contributed by atoms with Crippen molar-refractivity contribution in [3.05, 3.63) is 77.7 Å². The maximum Gasteiger partial charge on any atom is 0.336 e. The van der Waals surface area contributed by atoms with Crippen LogP contribution in [0.25, 0.3) is 32.7 Å². The molecule has 3 aromatic carbocycles. The summed E-state index contributed by atoms with van der Waals surface area (Å²) in [5.41, 5.74) is -3.08. The maximum absolute atomic E-state index is 13.9. The standard InChI is InChI=1S/C28H29N3O8/c1-3-31(4-2)13-15(32)11-29-23-21-22(26(36)18-8-6-5-7-17(18)25(21)35)24(30-12-16-14-37-16)28-27(23)38-19(33)9-10-20(34)39-28/h5-10,15-16,29-30,32H,3-4,11-14H2,1-2H3. The molecule has 2 atom stereocenters. The monoisotopic (exact) mass is 535 g/mol. The fourth-order valence-electron chi connectivity index (χ4n) is 4.71. The third-order valence-electron chi connectivity index (χ3n) is 6.83. The van der Waals surface area contributed by atoms with E-state index in [0.29, 0.717) is 13.2 Å². The average Bonchev–Trinajstić information content (AvgIpc) is 3.76. The van der Waals surface area contributed by atoms with Crippen LogP contribution in [-0.2, 0) is 4.74 Å². The fraction of sp³-hybridized carbons (Fsp3) is 0.357. The number of aliphatic hydroxyl groups is 1. The fourth-order valence-corrected chi connectivity index (χ4v) is 4.71. The second-order valence-electron chi connectivity index (χ2n) is 9.39. The molecule has 3 N–H and O–H groups in total. The highest BCUT2D eigenvalue weighted by molar-refractivity contribution is 6.18. The number of epoxide rings is 1. The molecule has 0 bridgehead atoms. The lowest BCUT2D eigenvalue weighted by Crippen LogP contribution is -2.36. The molecule has 4 aromatic rings. The number of hydrogen-bond acceptors (Lipinski definition) is 11. The molecule has 1 aromatic heterocycles. The Morgan fingerprint density at radius 2 is 1.38 bits per heavy atom. The van der Waals surface area contributed by atoms with Crippen molar-refractivity contribution in [3.63, 3.8) is 0 Å². The van der Waals surface area contributed by atoms with Crippen LogP contribution in [0.4, 0.5) is 11.4 Å². The van der Waals surface area contributed by atoms with Crippen LogP contribution < -0.4 is 32.7 Å². The topological polar surface area (TPSA) is 155 Å². The Morgan fingerprint density at radius 1 is 0.872 bits per heavy atom. The third kappa shape index (κ3) is 5.29. The van der Waals surface area contributed by atoms with Crippen LogP contribution in [0.2, 0.25) is 0 Å². The molecule has 11 heteroatoms. The highest BCUT2D eigenvalue weighted by Gasteiger charge is 2.27. The van der Waals surface area contributed by atoms with Crippen LogP contribution in [0.5, 0.6) is 0 Å². The predicted molar refractivity (Wildman–Crippen MR) is 149 cm³/mol. The second kappa shape index (κ2) is 11.0. The lowest BCUT2D eigenvalue weighted by atomic mass is 9.98. The molecule has 1 fully saturated rings. The minimum atomic E-state index is -0.869. The van der Waals surface area contributed by atoms with Gasteiger partial charge in [-0.3, -0.25) is 9.59 Å². The van der Waals surface area contributed by atoms with Gasteiger partial charge < -0.3 is 34.2 Å². The summed E-state index contributed by atoms with van der Waals surface area (Å²) in [5, 5.41) is 17.2. The van der Waals surface area contributed by atoms with Crippen molar-refractivity contribution in [2.75, 3.05) is 50.0 Å². The first-order chi connectivity index (χ1) is 18.8. The molecule has 2 unspecified atom stereocenters. The molecule has 11 nitrogen and oxygen atoms in total. The van der Waals surface area contributed by atoms with E-state index in [1.54, 1.807) is 24.3 Å². The molecule has 1 aliphatic heterocycles.